The van der Waals surface area contributed by atoms with Crippen molar-refractivity contribution >= 4 is 21.7 Å². The molecule has 0 bridgehead atoms. The Morgan fingerprint density at radius 2 is 1.72 bits per heavy atom. The van der Waals surface area contributed by atoms with Gasteiger partial charge in [-0.3, -0.25) is 9.59 Å². The first kappa shape index (κ1) is 18.0. The molecule has 7 nitrogen and oxygen atoms in total. The first-order chi connectivity index (χ1) is 11.9. The van der Waals surface area contributed by atoms with Crippen LogP contribution in [0.3, 0.4) is 0 Å². The first-order valence-electron chi connectivity index (χ1n) is 8.41. The standard InChI is InChI=1S/C17H22N2O5S/c1-13(20)14-4-6-15(7-5-14)25(22,23)19-10-8-18(9-11-19)17(21)16-3-2-12-24-16/h4-7,16H,2-3,8-12H2,1H3/t16-/m1/s1. The van der Waals surface area contributed by atoms with Crippen LogP contribution >= 0.6 is 0 Å². The summed E-state index contributed by atoms with van der Waals surface area (Å²) in [5.41, 5.74) is 0.478. The molecule has 0 spiro atoms. The molecule has 2 saturated heterocycles. The Bertz CT molecular complexity index is 746. The largest absolute Gasteiger partial charge is 0.368 e. The molecular formula is C17H22N2O5S. The zero-order chi connectivity index (χ0) is 18.0. The van der Waals surface area contributed by atoms with Gasteiger partial charge in [-0.1, -0.05) is 12.1 Å². The molecule has 3 rings (SSSR count). The third-order valence-electron chi connectivity index (χ3n) is 4.65. The number of benzene rings is 1. The van der Waals surface area contributed by atoms with Gasteiger partial charge in [-0.15, -0.1) is 0 Å². The van der Waals surface area contributed by atoms with Crippen LogP contribution in [0.4, 0.5) is 0 Å². The van der Waals surface area contributed by atoms with E-state index in [-0.39, 0.29) is 35.8 Å². The number of hydrogen-bond acceptors (Lipinski definition) is 5. The molecule has 0 N–H and O–H groups in total. The maximum atomic E-state index is 12.7. The Morgan fingerprint density at radius 3 is 2.24 bits per heavy atom. The van der Waals surface area contributed by atoms with E-state index in [1.165, 1.54) is 35.5 Å². The number of carbonyl (C=O) groups excluding carboxylic acids is 2. The summed E-state index contributed by atoms with van der Waals surface area (Å²) in [7, 11) is -3.62. The van der Waals surface area contributed by atoms with Crippen LogP contribution < -0.4 is 0 Å². The van der Waals surface area contributed by atoms with Crippen molar-refractivity contribution in [3.05, 3.63) is 29.8 Å². The molecule has 0 unspecified atom stereocenters. The summed E-state index contributed by atoms with van der Waals surface area (Å²) in [6, 6.07) is 5.95. The molecule has 136 valence electrons. The van der Waals surface area contributed by atoms with Crippen molar-refractivity contribution in [2.24, 2.45) is 0 Å². The fourth-order valence-corrected chi connectivity index (χ4v) is 4.56. The van der Waals surface area contributed by atoms with Crippen molar-refractivity contribution in [1.29, 1.82) is 0 Å². The number of hydrogen-bond donors (Lipinski definition) is 0. The van der Waals surface area contributed by atoms with Gasteiger partial charge in [0.2, 0.25) is 10.0 Å². The van der Waals surface area contributed by atoms with Gasteiger partial charge in [0.15, 0.2) is 5.78 Å². The number of amides is 1. The third-order valence-corrected chi connectivity index (χ3v) is 6.57. The van der Waals surface area contributed by atoms with Gasteiger partial charge in [0.05, 0.1) is 4.90 Å². The highest BCUT2D eigenvalue weighted by Gasteiger charge is 2.33. The lowest BCUT2D eigenvalue weighted by Gasteiger charge is -2.35. The predicted molar refractivity (Wildman–Crippen MR) is 90.8 cm³/mol. The summed E-state index contributed by atoms with van der Waals surface area (Å²) in [6.07, 6.45) is 1.25. The number of Topliss-reactive ketones (excluding diaryl/α,β-unsaturated/α-hetero) is 1. The minimum absolute atomic E-state index is 0.0413. The molecule has 2 aliphatic rings. The first-order valence-corrected chi connectivity index (χ1v) is 9.85. The van der Waals surface area contributed by atoms with Crippen molar-refractivity contribution in [2.45, 2.75) is 30.8 Å². The number of sulfonamides is 1. The Hall–Kier alpha value is -1.77. The van der Waals surface area contributed by atoms with Crippen LogP contribution in [0.25, 0.3) is 0 Å². The van der Waals surface area contributed by atoms with E-state index in [1.54, 1.807) is 4.90 Å². The van der Waals surface area contributed by atoms with Gasteiger partial charge in [-0.2, -0.15) is 4.31 Å². The van der Waals surface area contributed by atoms with Gasteiger partial charge >= 0.3 is 0 Å². The van der Waals surface area contributed by atoms with Crippen LogP contribution in [0.5, 0.6) is 0 Å². The Kier molecular flexibility index (Phi) is 5.21. The topological polar surface area (TPSA) is 84.0 Å². The van der Waals surface area contributed by atoms with Gasteiger partial charge in [0, 0.05) is 38.3 Å². The number of rotatable bonds is 4. The van der Waals surface area contributed by atoms with E-state index in [0.717, 1.165) is 12.8 Å². The van der Waals surface area contributed by atoms with Gasteiger partial charge in [-0.05, 0) is 31.9 Å². The molecule has 0 aromatic heterocycles. The molecule has 1 aromatic carbocycles. The summed E-state index contributed by atoms with van der Waals surface area (Å²) in [6.45, 7) is 3.30. The zero-order valence-electron chi connectivity index (χ0n) is 14.2. The molecule has 2 heterocycles. The number of piperazine rings is 1. The minimum atomic E-state index is -3.62. The second-order valence-electron chi connectivity index (χ2n) is 6.31. The Labute approximate surface area is 147 Å². The maximum absolute atomic E-state index is 12.7. The quantitative estimate of drug-likeness (QED) is 0.740. The van der Waals surface area contributed by atoms with Crippen LogP contribution in [0.15, 0.2) is 29.2 Å². The van der Waals surface area contributed by atoms with Crippen molar-refractivity contribution in [3.8, 4) is 0 Å². The maximum Gasteiger partial charge on any atom is 0.251 e. The van der Waals surface area contributed by atoms with Gasteiger partial charge in [0.25, 0.3) is 5.91 Å². The smallest absolute Gasteiger partial charge is 0.251 e. The highest BCUT2D eigenvalue weighted by Crippen LogP contribution is 2.20. The second-order valence-corrected chi connectivity index (χ2v) is 8.25. The van der Waals surface area contributed by atoms with Crippen LogP contribution in [0.1, 0.15) is 30.1 Å². The number of nitrogens with zero attached hydrogens (tertiary/aromatic N) is 2. The van der Waals surface area contributed by atoms with Crippen LogP contribution in [0, 0.1) is 0 Å². The number of ether oxygens (including phenoxy) is 1. The lowest BCUT2D eigenvalue weighted by Crippen LogP contribution is -2.52. The van der Waals surface area contributed by atoms with E-state index in [9.17, 15) is 18.0 Å². The van der Waals surface area contributed by atoms with E-state index in [4.69, 9.17) is 4.74 Å². The number of ketones is 1. The molecule has 0 aliphatic carbocycles. The third kappa shape index (κ3) is 3.75. The summed E-state index contributed by atoms with van der Waals surface area (Å²) in [4.78, 5) is 25.5. The van der Waals surface area contributed by atoms with Gasteiger partial charge in [0.1, 0.15) is 6.10 Å². The number of carbonyl (C=O) groups is 2. The lowest BCUT2D eigenvalue weighted by molar-refractivity contribution is -0.142. The molecule has 1 aromatic rings. The lowest BCUT2D eigenvalue weighted by atomic mass is 10.2. The van der Waals surface area contributed by atoms with Crippen molar-refractivity contribution < 1.29 is 22.7 Å². The minimum Gasteiger partial charge on any atom is -0.368 e. The monoisotopic (exact) mass is 366 g/mol. The van der Waals surface area contributed by atoms with Crippen LogP contribution in [-0.4, -0.2) is 68.2 Å². The molecule has 0 saturated carbocycles. The highest BCUT2D eigenvalue weighted by molar-refractivity contribution is 7.89. The molecular weight excluding hydrogens is 344 g/mol. The molecule has 8 heteroatoms. The SMILES string of the molecule is CC(=O)c1ccc(S(=O)(=O)N2CCN(C(=O)[C@H]3CCCO3)CC2)cc1. The van der Waals surface area contributed by atoms with E-state index < -0.39 is 10.0 Å². The average Bonchev–Trinajstić information content (AvgIpc) is 3.16. The van der Waals surface area contributed by atoms with Crippen molar-refractivity contribution in [2.75, 3.05) is 32.8 Å². The molecule has 0 radical (unpaired) electrons. The fraction of sp³-hybridized carbons (Fsp3) is 0.529. The molecule has 2 aliphatic heterocycles. The fourth-order valence-electron chi connectivity index (χ4n) is 3.14. The summed E-state index contributed by atoms with van der Waals surface area (Å²) >= 11 is 0. The van der Waals surface area contributed by atoms with Gasteiger partial charge < -0.3 is 9.64 Å². The molecule has 1 amide bonds. The van der Waals surface area contributed by atoms with Crippen molar-refractivity contribution in [3.63, 3.8) is 0 Å². The van der Waals surface area contributed by atoms with Gasteiger partial charge in [-0.25, -0.2) is 8.42 Å². The van der Waals surface area contributed by atoms with Crippen LogP contribution in [0.2, 0.25) is 0 Å². The van der Waals surface area contributed by atoms with Crippen molar-refractivity contribution in [1.82, 2.24) is 9.21 Å². The summed E-state index contributed by atoms with van der Waals surface area (Å²) < 4.78 is 32.2. The predicted octanol–water partition coefficient (Wildman–Crippen LogP) is 0.901. The molecule has 1 atom stereocenters. The average molecular weight is 366 g/mol. The zero-order valence-corrected chi connectivity index (χ0v) is 15.0. The molecule has 25 heavy (non-hydrogen) atoms. The Morgan fingerprint density at radius 1 is 1.08 bits per heavy atom. The second kappa shape index (κ2) is 7.23. The van der Waals surface area contributed by atoms with E-state index in [0.29, 0.717) is 25.3 Å². The highest BCUT2D eigenvalue weighted by atomic mass is 32.2. The normalized spacial score (nSPS) is 22.1. The van der Waals surface area contributed by atoms with Crippen LogP contribution in [-0.2, 0) is 19.6 Å². The van der Waals surface area contributed by atoms with E-state index in [1.807, 2.05) is 0 Å². The Balaban J connectivity index is 1.64. The molecule has 2 fully saturated rings. The summed E-state index contributed by atoms with van der Waals surface area (Å²) in [5, 5.41) is 0. The summed E-state index contributed by atoms with van der Waals surface area (Å²) in [5.74, 6) is -0.148. The van der Waals surface area contributed by atoms with E-state index >= 15 is 0 Å². The van der Waals surface area contributed by atoms with E-state index in [2.05, 4.69) is 0 Å².